The van der Waals surface area contributed by atoms with Gasteiger partial charge in [0.1, 0.15) is 0 Å². The molecule has 0 spiro atoms. The molecule has 0 aromatic rings. The van der Waals surface area contributed by atoms with E-state index in [0.717, 1.165) is 25.7 Å². The molecule has 0 saturated heterocycles. The van der Waals surface area contributed by atoms with Crippen LogP contribution < -0.4 is 5.32 Å². The van der Waals surface area contributed by atoms with E-state index in [2.05, 4.69) is 26.1 Å². The highest BCUT2D eigenvalue weighted by molar-refractivity contribution is 4.50. The molecular formula is C14H31NO. The molecule has 0 aliphatic heterocycles. The third-order valence-electron chi connectivity index (χ3n) is 2.75. The Bertz CT molecular complexity index is 128. The molecule has 0 bridgehead atoms. The van der Waals surface area contributed by atoms with Crippen LogP contribution in [0.25, 0.3) is 0 Å². The van der Waals surface area contributed by atoms with E-state index < -0.39 is 0 Å². The summed E-state index contributed by atoms with van der Waals surface area (Å²) in [6.45, 7) is 10.9. The van der Waals surface area contributed by atoms with E-state index >= 15 is 0 Å². The van der Waals surface area contributed by atoms with Gasteiger partial charge in [-0.15, -0.1) is 0 Å². The fourth-order valence-corrected chi connectivity index (χ4v) is 1.79. The van der Waals surface area contributed by atoms with E-state index in [4.69, 9.17) is 4.74 Å². The normalized spacial score (nSPS) is 12.9. The van der Waals surface area contributed by atoms with Crippen molar-refractivity contribution in [2.45, 2.75) is 59.3 Å². The standard InChI is InChI=1S/C14H31NO/c1-4-9-14(3)13-16-12-8-6-7-11-15-10-5-2/h14-15H,4-13H2,1-3H3. The Hall–Kier alpha value is -0.0800. The fourth-order valence-electron chi connectivity index (χ4n) is 1.79. The smallest absolute Gasteiger partial charge is 0.0491 e. The van der Waals surface area contributed by atoms with Gasteiger partial charge in [-0.05, 0) is 51.1 Å². The number of ether oxygens (including phenoxy) is 1. The van der Waals surface area contributed by atoms with Crippen LogP contribution in [0.1, 0.15) is 59.3 Å². The molecule has 0 saturated carbocycles. The van der Waals surface area contributed by atoms with Crippen molar-refractivity contribution in [3.8, 4) is 0 Å². The van der Waals surface area contributed by atoms with E-state index in [1.807, 2.05) is 0 Å². The summed E-state index contributed by atoms with van der Waals surface area (Å²) in [5.74, 6) is 0.733. The molecule has 0 aromatic heterocycles. The first-order chi connectivity index (χ1) is 7.81. The zero-order valence-corrected chi connectivity index (χ0v) is 11.6. The van der Waals surface area contributed by atoms with Gasteiger partial charge in [0.25, 0.3) is 0 Å². The summed E-state index contributed by atoms with van der Waals surface area (Å²) in [4.78, 5) is 0. The molecule has 0 radical (unpaired) electrons. The Labute approximate surface area is 102 Å². The van der Waals surface area contributed by atoms with Crippen LogP contribution in [0.3, 0.4) is 0 Å². The van der Waals surface area contributed by atoms with Crippen molar-refractivity contribution < 1.29 is 4.74 Å². The SMILES string of the molecule is CCCNCCCCCOCC(C)CCC. The first-order valence-corrected chi connectivity index (χ1v) is 7.09. The third-order valence-corrected chi connectivity index (χ3v) is 2.75. The van der Waals surface area contributed by atoms with Gasteiger partial charge >= 0.3 is 0 Å². The average molecular weight is 229 g/mol. The van der Waals surface area contributed by atoms with Crippen molar-refractivity contribution >= 4 is 0 Å². The largest absolute Gasteiger partial charge is 0.381 e. The van der Waals surface area contributed by atoms with Gasteiger partial charge in [-0.25, -0.2) is 0 Å². The Morgan fingerprint density at radius 3 is 2.50 bits per heavy atom. The molecule has 0 aliphatic rings. The molecule has 2 heteroatoms. The van der Waals surface area contributed by atoms with Gasteiger partial charge in [0.05, 0.1) is 0 Å². The number of rotatable bonds is 12. The Kier molecular flexibility index (Phi) is 12.9. The Morgan fingerprint density at radius 1 is 1.00 bits per heavy atom. The van der Waals surface area contributed by atoms with Crippen LogP contribution in [0.4, 0.5) is 0 Å². The topological polar surface area (TPSA) is 21.3 Å². The quantitative estimate of drug-likeness (QED) is 0.516. The summed E-state index contributed by atoms with van der Waals surface area (Å²) >= 11 is 0. The third kappa shape index (κ3) is 12.0. The van der Waals surface area contributed by atoms with Crippen molar-refractivity contribution in [3.63, 3.8) is 0 Å². The fraction of sp³-hybridized carbons (Fsp3) is 1.00. The molecule has 0 aliphatic carbocycles. The van der Waals surface area contributed by atoms with Crippen LogP contribution in [0, 0.1) is 5.92 Å². The van der Waals surface area contributed by atoms with Gasteiger partial charge in [-0.1, -0.05) is 27.2 Å². The average Bonchev–Trinajstić information content (AvgIpc) is 2.27. The zero-order chi connectivity index (χ0) is 12.1. The molecule has 2 nitrogen and oxygen atoms in total. The lowest BCUT2D eigenvalue weighted by Gasteiger charge is -2.10. The van der Waals surface area contributed by atoms with Crippen molar-refractivity contribution in [1.82, 2.24) is 5.32 Å². The highest BCUT2D eigenvalue weighted by atomic mass is 16.5. The van der Waals surface area contributed by atoms with Gasteiger partial charge in [0.15, 0.2) is 0 Å². The number of nitrogens with one attached hydrogen (secondary N) is 1. The van der Waals surface area contributed by atoms with Crippen LogP contribution in [0.5, 0.6) is 0 Å². The summed E-state index contributed by atoms with van der Waals surface area (Å²) in [6.07, 6.45) is 7.59. The Morgan fingerprint density at radius 2 is 1.81 bits per heavy atom. The lowest BCUT2D eigenvalue weighted by Crippen LogP contribution is -2.15. The van der Waals surface area contributed by atoms with Gasteiger partial charge in [0, 0.05) is 13.2 Å². The van der Waals surface area contributed by atoms with Crippen LogP contribution in [0.2, 0.25) is 0 Å². The van der Waals surface area contributed by atoms with Gasteiger partial charge < -0.3 is 10.1 Å². The first-order valence-electron chi connectivity index (χ1n) is 7.09. The second-order valence-electron chi connectivity index (χ2n) is 4.78. The molecule has 1 N–H and O–H groups in total. The zero-order valence-electron chi connectivity index (χ0n) is 11.6. The van der Waals surface area contributed by atoms with Crippen molar-refractivity contribution in [3.05, 3.63) is 0 Å². The molecule has 0 aromatic carbocycles. The molecule has 16 heavy (non-hydrogen) atoms. The molecule has 0 heterocycles. The molecule has 1 atom stereocenters. The van der Waals surface area contributed by atoms with E-state index in [1.165, 1.54) is 45.1 Å². The minimum atomic E-state index is 0.733. The number of hydrogen-bond donors (Lipinski definition) is 1. The summed E-state index contributed by atoms with van der Waals surface area (Å²) in [5, 5.41) is 3.42. The lowest BCUT2D eigenvalue weighted by molar-refractivity contribution is 0.0984. The monoisotopic (exact) mass is 229 g/mol. The predicted molar refractivity (Wildman–Crippen MR) is 71.9 cm³/mol. The van der Waals surface area contributed by atoms with Crippen LogP contribution >= 0.6 is 0 Å². The molecule has 0 fully saturated rings. The van der Waals surface area contributed by atoms with Crippen molar-refractivity contribution in [2.75, 3.05) is 26.3 Å². The van der Waals surface area contributed by atoms with Crippen molar-refractivity contribution in [1.29, 1.82) is 0 Å². The van der Waals surface area contributed by atoms with Crippen LogP contribution in [-0.2, 0) is 4.74 Å². The lowest BCUT2D eigenvalue weighted by atomic mass is 10.1. The predicted octanol–water partition coefficient (Wildman–Crippen LogP) is 3.61. The minimum Gasteiger partial charge on any atom is -0.381 e. The molecule has 0 amide bonds. The van der Waals surface area contributed by atoms with E-state index in [0.29, 0.717) is 0 Å². The maximum absolute atomic E-state index is 5.66. The second kappa shape index (κ2) is 13.0. The van der Waals surface area contributed by atoms with Gasteiger partial charge in [-0.3, -0.25) is 0 Å². The minimum absolute atomic E-state index is 0.733. The summed E-state index contributed by atoms with van der Waals surface area (Å²) in [5.41, 5.74) is 0. The van der Waals surface area contributed by atoms with Gasteiger partial charge in [-0.2, -0.15) is 0 Å². The van der Waals surface area contributed by atoms with E-state index in [9.17, 15) is 0 Å². The molecule has 0 rings (SSSR count). The van der Waals surface area contributed by atoms with Crippen LogP contribution in [0.15, 0.2) is 0 Å². The van der Waals surface area contributed by atoms with E-state index in [1.54, 1.807) is 0 Å². The summed E-state index contributed by atoms with van der Waals surface area (Å²) in [6, 6.07) is 0. The second-order valence-corrected chi connectivity index (χ2v) is 4.78. The molecule has 98 valence electrons. The van der Waals surface area contributed by atoms with Crippen LogP contribution in [-0.4, -0.2) is 26.3 Å². The Balaban J connectivity index is 2.98. The summed E-state index contributed by atoms with van der Waals surface area (Å²) < 4.78 is 5.66. The number of unbranched alkanes of at least 4 members (excludes halogenated alkanes) is 2. The van der Waals surface area contributed by atoms with Crippen molar-refractivity contribution in [2.24, 2.45) is 5.92 Å². The number of hydrogen-bond acceptors (Lipinski definition) is 2. The maximum atomic E-state index is 5.66. The van der Waals surface area contributed by atoms with Gasteiger partial charge in [0.2, 0.25) is 0 Å². The highest BCUT2D eigenvalue weighted by Gasteiger charge is 1.99. The molecule has 1 unspecified atom stereocenters. The first kappa shape index (κ1) is 15.9. The maximum Gasteiger partial charge on any atom is 0.0491 e. The highest BCUT2D eigenvalue weighted by Crippen LogP contribution is 2.05. The summed E-state index contributed by atoms with van der Waals surface area (Å²) in [7, 11) is 0. The molecular weight excluding hydrogens is 198 g/mol. The van der Waals surface area contributed by atoms with E-state index in [-0.39, 0.29) is 0 Å².